The molecule has 0 bridgehead atoms. The molecule has 0 radical (unpaired) electrons. The first-order chi connectivity index (χ1) is 6.86. The van der Waals surface area contributed by atoms with Crippen LogP contribution in [0.5, 0.6) is 0 Å². The van der Waals surface area contributed by atoms with Crippen LogP contribution in [0.25, 0.3) is 0 Å². The molecule has 5 heteroatoms. The summed E-state index contributed by atoms with van der Waals surface area (Å²) < 4.78 is 36.8. The van der Waals surface area contributed by atoms with E-state index in [1.54, 1.807) is 0 Å². The van der Waals surface area contributed by atoms with Crippen LogP contribution in [0, 0.1) is 0 Å². The summed E-state index contributed by atoms with van der Waals surface area (Å²) in [5.74, 6) is -0.566. The first-order valence-electron chi connectivity index (χ1n) is 4.03. The monoisotopic (exact) mass is 216 g/mol. The summed E-state index contributed by atoms with van der Waals surface area (Å²) in [6.07, 6.45) is -4.15. The summed E-state index contributed by atoms with van der Waals surface area (Å²) in [6.45, 7) is 1.11. The maximum atomic E-state index is 12.3. The van der Waals surface area contributed by atoms with Gasteiger partial charge in [-0.25, -0.2) is 0 Å². The second kappa shape index (κ2) is 3.84. The van der Waals surface area contributed by atoms with Crippen molar-refractivity contribution < 1.29 is 22.8 Å². The highest BCUT2D eigenvalue weighted by Crippen LogP contribution is 2.30. The number of carbonyl (C=O) groups excluding carboxylic acids is 2. The second-order valence-corrected chi connectivity index (χ2v) is 2.97. The summed E-state index contributed by atoms with van der Waals surface area (Å²) in [7, 11) is 0. The third-order valence-electron chi connectivity index (χ3n) is 1.89. The van der Waals surface area contributed by atoms with Crippen LogP contribution in [-0.2, 0) is 6.18 Å². The Balaban J connectivity index is 3.35. The standard InChI is InChI=1S/C10H7F3O2/c1-6(15)9-4-8(10(11,12)13)3-2-7(9)5-14/h2-5H,1H3. The molecule has 2 nitrogen and oxygen atoms in total. The van der Waals surface area contributed by atoms with Gasteiger partial charge in [0.25, 0.3) is 0 Å². The number of benzene rings is 1. The number of halogens is 3. The van der Waals surface area contributed by atoms with E-state index in [1.165, 1.54) is 0 Å². The van der Waals surface area contributed by atoms with Crippen molar-refractivity contribution >= 4 is 12.1 Å². The van der Waals surface area contributed by atoms with E-state index in [4.69, 9.17) is 0 Å². The van der Waals surface area contributed by atoms with Gasteiger partial charge in [0.1, 0.15) is 0 Å². The molecule has 0 saturated carbocycles. The maximum Gasteiger partial charge on any atom is 0.416 e. The molecule has 1 aromatic carbocycles. The molecule has 0 aliphatic carbocycles. The fourth-order valence-corrected chi connectivity index (χ4v) is 1.14. The summed E-state index contributed by atoms with van der Waals surface area (Å²) in [5.41, 5.74) is -1.17. The number of hydrogen-bond donors (Lipinski definition) is 0. The van der Waals surface area contributed by atoms with E-state index in [1.807, 2.05) is 0 Å². The Morgan fingerprint density at radius 3 is 2.33 bits per heavy atom. The Bertz CT molecular complexity index is 408. The molecule has 0 atom stereocenters. The molecule has 0 amide bonds. The normalized spacial score (nSPS) is 11.2. The lowest BCUT2D eigenvalue weighted by Gasteiger charge is -2.08. The van der Waals surface area contributed by atoms with Crippen LogP contribution in [0.4, 0.5) is 13.2 Å². The Hall–Kier alpha value is -1.65. The minimum Gasteiger partial charge on any atom is -0.298 e. The van der Waals surface area contributed by atoms with Crippen LogP contribution in [-0.4, -0.2) is 12.1 Å². The van der Waals surface area contributed by atoms with Crippen molar-refractivity contribution in [3.05, 3.63) is 34.9 Å². The number of rotatable bonds is 2. The van der Waals surface area contributed by atoms with Crippen LogP contribution in [0.15, 0.2) is 18.2 Å². The third kappa shape index (κ3) is 2.43. The topological polar surface area (TPSA) is 34.1 Å². The molecule has 0 N–H and O–H groups in total. The van der Waals surface area contributed by atoms with E-state index in [0.717, 1.165) is 19.1 Å². The molecule has 0 aliphatic rings. The van der Waals surface area contributed by atoms with E-state index < -0.39 is 17.5 Å². The van der Waals surface area contributed by atoms with Crippen molar-refractivity contribution in [3.8, 4) is 0 Å². The Labute approximate surface area is 83.7 Å². The predicted octanol–water partition coefficient (Wildman–Crippen LogP) is 2.72. The van der Waals surface area contributed by atoms with Crippen LogP contribution in [0.1, 0.15) is 33.2 Å². The Morgan fingerprint density at radius 2 is 1.93 bits per heavy atom. The van der Waals surface area contributed by atoms with Crippen LogP contribution in [0.3, 0.4) is 0 Å². The lowest BCUT2D eigenvalue weighted by molar-refractivity contribution is -0.137. The molecule has 0 saturated heterocycles. The number of alkyl halides is 3. The van der Waals surface area contributed by atoms with Gasteiger partial charge in [-0.05, 0) is 19.1 Å². The summed E-state index contributed by atoms with van der Waals surface area (Å²) >= 11 is 0. The van der Waals surface area contributed by atoms with Gasteiger partial charge in [-0.3, -0.25) is 9.59 Å². The van der Waals surface area contributed by atoms with Crippen LogP contribution >= 0.6 is 0 Å². The Morgan fingerprint density at radius 1 is 1.33 bits per heavy atom. The first-order valence-corrected chi connectivity index (χ1v) is 4.03. The van der Waals surface area contributed by atoms with Crippen molar-refractivity contribution in [2.75, 3.05) is 0 Å². The Kier molecular flexibility index (Phi) is 2.93. The predicted molar refractivity (Wildman–Crippen MR) is 46.8 cm³/mol. The molecule has 0 fully saturated rings. The van der Waals surface area contributed by atoms with Crippen molar-refractivity contribution in [3.63, 3.8) is 0 Å². The highest BCUT2D eigenvalue weighted by Gasteiger charge is 2.31. The van der Waals surface area contributed by atoms with E-state index in [2.05, 4.69) is 0 Å². The zero-order valence-electron chi connectivity index (χ0n) is 7.76. The minimum absolute atomic E-state index is 0.0319. The zero-order valence-corrected chi connectivity index (χ0v) is 7.76. The number of aldehydes is 1. The molecule has 1 aromatic rings. The second-order valence-electron chi connectivity index (χ2n) is 2.97. The van der Waals surface area contributed by atoms with Gasteiger partial charge in [0.2, 0.25) is 0 Å². The molecule has 80 valence electrons. The third-order valence-corrected chi connectivity index (χ3v) is 1.89. The van der Waals surface area contributed by atoms with Crippen molar-refractivity contribution in [1.29, 1.82) is 0 Å². The average molecular weight is 216 g/mol. The van der Waals surface area contributed by atoms with Gasteiger partial charge in [-0.2, -0.15) is 13.2 Å². The van der Waals surface area contributed by atoms with E-state index in [-0.39, 0.29) is 11.1 Å². The van der Waals surface area contributed by atoms with Crippen molar-refractivity contribution in [2.24, 2.45) is 0 Å². The van der Waals surface area contributed by atoms with E-state index in [9.17, 15) is 22.8 Å². The fraction of sp³-hybridized carbons (Fsp3) is 0.200. The van der Waals surface area contributed by atoms with E-state index >= 15 is 0 Å². The van der Waals surface area contributed by atoms with Crippen molar-refractivity contribution in [2.45, 2.75) is 13.1 Å². The number of ketones is 1. The molecule has 0 aromatic heterocycles. The lowest BCUT2D eigenvalue weighted by Crippen LogP contribution is -2.08. The minimum atomic E-state index is -4.51. The largest absolute Gasteiger partial charge is 0.416 e. The average Bonchev–Trinajstić information content (AvgIpc) is 2.15. The van der Waals surface area contributed by atoms with Gasteiger partial charge in [-0.1, -0.05) is 6.07 Å². The molecule has 0 unspecified atom stereocenters. The first kappa shape index (κ1) is 11.4. The lowest BCUT2D eigenvalue weighted by atomic mass is 10.0. The molecule has 1 rings (SSSR count). The molecular weight excluding hydrogens is 209 g/mol. The van der Waals surface area contributed by atoms with Crippen LogP contribution in [0.2, 0.25) is 0 Å². The van der Waals surface area contributed by atoms with Gasteiger partial charge in [0.05, 0.1) is 5.56 Å². The highest BCUT2D eigenvalue weighted by atomic mass is 19.4. The highest BCUT2D eigenvalue weighted by molar-refractivity contribution is 6.01. The quantitative estimate of drug-likeness (QED) is 0.562. The fourth-order valence-electron chi connectivity index (χ4n) is 1.14. The zero-order chi connectivity index (χ0) is 11.6. The summed E-state index contributed by atoms with van der Waals surface area (Å²) in [5, 5.41) is 0. The van der Waals surface area contributed by atoms with Crippen molar-refractivity contribution in [1.82, 2.24) is 0 Å². The molecule has 0 heterocycles. The molecule has 15 heavy (non-hydrogen) atoms. The number of carbonyl (C=O) groups is 2. The SMILES string of the molecule is CC(=O)c1cc(C(F)(F)F)ccc1C=O. The van der Waals surface area contributed by atoms with E-state index in [0.29, 0.717) is 12.4 Å². The summed E-state index contributed by atoms with van der Waals surface area (Å²) in [4.78, 5) is 21.4. The molecular formula is C10H7F3O2. The van der Waals surface area contributed by atoms with Gasteiger partial charge in [0.15, 0.2) is 12.1 Å². The smallest absolute Gasteiger partial charge is 0.298 e. The van der Waals surface area contributed by atoms with Gasteiger partial charge in [-0.15, -0.1) is 0 Å². The maximum absolute atomic E-state index is 12.3. The number of Topliss-reactive ketones (excluding diaryl/α,β-unsaturated/α-hetero) is 1. The summed E-state index contributed by atoms with van der Waals surface area (Å²) in [6, 6.07) is 2.45. The molecule has 0 spiro atoms. The number of hydrogen-bond acceptors (Lipinski definition) is 2. The van der Waals surface area contributed by atoms with Gasteiger partial charge < -0.3 is 0 Å². The van der Waals surface area contributed by atoms with Gasteiger partial charge in [0, 0.05) is 11.1 Å². The van der Waals surface area contributed by atoms with Crippen LogP contribution < -0.4 is 0 Å². The molecule has 0 aliphatic heterocycles. The van der Waals surface area contributed by atoms with Gasteiger partial charge >= 0.3 is 6.18 Å².